The summed E-state index contributed by atoms with van der Waals surface area (Å²) in [5, 5.41) is 13.1. The van der Waals surface area contributed by atoms with E-state index in [4.69, 9.17) is 21.4 Å². The Morgan fingerprint density at radius 2 is 2.08 bits per heavy atom. The van der Waals surface area contributed by atoms with Crippen molar-refractivity contribution in [1.82, 2.24) is 9.78 Å². The number of carboxylic acids is 1. The van der Waals surface area contributed by atoms with Gasteiger partial charge in [0.05, 0.1) is 12.8 Å². The van der Waals surface area contributed by atoms with E-state index < -0.39 is 18.6 Å². The van der Waals surface area contributed by atoms with Crippen molar-refractivity contribution in [1.29, 1.82) is 0 Å². The number of carboxylic acid groups (broad SMARTS) is 1. The summed E-state index contributed by atoms with van der Waals surface area (Å²) in [5.41, 5.74) is 0.975. The average molecular weight is 377 g/mol. The van der Waals surface area contributed by atoms with Crippen molar-refractivity contribution in [3.05, 3.63) is 34.5 Å². The van der Waals surface area contributed by atoms with E-state index in [0.29, 0.717) is 29.1 Å². The molecule has 0 spiro atoms. The quantitative estimate of drug-likeness (QED) is 0.810. The van der Waals surface area contributed by atoms with Gasteiger partial charge in [-0.25, -0.2) is 4.79 Å². The van der Waals surface area contributed by atoms with E-state index in [1.54, 1.807) is 13.0 Å². The fourth-order valence-electron chi connectivity index (χ4n) is 2.44. The number of nitrogens with zero attached hydrogens (tertiary/aromatic N) is 2. The minimum Gasteiger partial charge on any atom is -0.496 e. The highest BCUT2D eigenvalue weighted by molar-refractivity contribution is 6.35. The number of carbonyl (C=O) groups is 1. The van der Waals surface area contributed by atoms with Crippen LogP contribution in [0.15, 0.2) is 18.2 Å². The Bertz CT molecular complexity index is 788. The van der Waals surface area contributed by atoms with Gasteiger partial charge < -0.3 is 9.84 Å². The lowest BCUT2D eigenvalue weighted by Gasteiger charge is -2.13. The van der Waals surface area contributed by atoms with Crippen molar-refractivity contribution < 1.29 is 27.8 Å². The molecule has 0 fully saturated rings. The van der Waals surface area contributed by atoms with Crippen LogP contribution in [-0.2, 0) is 13.0 Å². The van der Waals surface area contributed by atoms with Gasteiger partial charge in [0.25, 0.3) is 0 Å². The Balaban J connectivity index is 2.48. The van der Waals surface area contributed by atoms with Gasteiger partial charge in [0, 0.05) is 18.5 Å². The number of aromatic nitrogens is 2. The van der Waals surface area contributed by atoms with Crippen molar-refractivity contribution in [2.75, 3.05) is 7.11 Å². The molecule has 2 rings (SSSR count). The molecule has 0 radical (unpaired) electrons. The molecule has 0 aliphatic heterocycles. The Labute approximate surface area is 147 Å². The lowest BCUT2D eigenvalue weighted by Crippen LogP contribution is -2.08. The maximum atomic E-state index is 12.4. The molecule has 136 valence electrons. The van der Waals surface area contributed by atoms with Crippen molar-refractivity contribution in [2.45, 2.75) is 32.5 Å². The largest absolute Gasteiger partial charge is 0.496 e. The molecule has 0 saturated carbocycles. The summed E-state index contributed by atoms with van der Waals surface area (Å²) in [7, 11) is 1.38. The summed E-state index contributed by atoms with van der Waals surface area (Å²) in [4.78, 5) is 11.2. The summed E-state index contributed by atoms with van der Waals surface area (Å²) < 4.78 is 43.8. The molecule has 1 aromatic heterocycles. The highest BCUT2D eigenvalue weighted by Crippen LogP contribution is 2.37. The number of rotatable bonds is 6. The smallest absolute Gasteiger partial charge is 0.389 e. The van der Waals surface area contributed by atoms with E-state index in [1.165, 1.54) is 23.9 Å². The van der Waals surface area contributed by atoms with Crippen molar-refractivity contribution in [2.24, 2.45) is 0 Å². The lowest BCUT2D eigenvalue weighted by molar-refractivity contribution is -0.134. The first kappa shape index (κ1) is 19.1. The topological polar surface area (TPSA) is 64.4 Å². The van der Waals surface area contributed by atoms with E-state index in [-0.39, 0.29) is 17.1 Å². The lowest BCUT2D eigenvalue weighted by atomic mass is 10.0. The van der Waals surface area contributed by atoms with Crippen LogP contribution in [0, 0.1) is 0 Å². The molecule has 0 unspecified atom stereocenters. The van der Waals surface area contributed by atoms with Crippen LogP contribution in [0.25, 0.3) is 11.3 Å². The third-order valence-corrected chi connectivity index (χ3v) is 3.97. The van der Waals surface area contributed by atoms with Gasteiger partial charge in [-0.05, 0) is 31.0 Å². The molecule has 1 heterocycles. The molecule has 25 heavy (non-hydrogen) atoms. The van der Waals surface area contributed by atoms with Gasteiger partial charge in [-0.3, -0.25) is 4.68 Å². The predicted octanol–water partition coefficient (Wildman–Crippen LogP) is 4.43. The first-order valence-corrected chi connectivity index (χ1v) is 7.79. The van der Waals surface area contributed by atoms with Crippen molar-refractivity contribution in [3.63, 3.8) is 0 Å². The molecule has 0 bridgehead atoms. The molecule has 0 saturated heterocycles. The maximum absolute atomic E-state index is 12.4. The summed E-state index contributed by atoms with van der Waals surface area (Å²) in [6.45, 7) is 2.13. The number of benzene rings is 1. The minimum atomic E-state index is -4.24. The van der Waals surface area contributed by atoms with Crippen LogP contribution in [0.1, 0.15) is 29.4 Å². The summed E-state index contributed by atoms with van der Waals surface area (Å²) in [5.74, 6) is -0.965. The second kappa shape index (κ2) is 7.35. The van der Waals surface area contributed by atoms with Crippen LogP contribution in [0.4, 0.5) is 13.2 Å². The number of ether oxygens (including phenoxy) is 1. The van der Waals surface area contributed by atoms with Crippen molar-refractivity contribution in [3.8, 4) is 17.0 Å². The van der Waals surface area contributed by atoms with E-state index in [0.717, 1.165) is 0 Å². The van der Waals surface area contributed by atoms with Gasteiger partial charge in [-0.1, -0.05) is 17.7 Å². The van der Waals surface area contributed by atoms with Gasteiger partial charge in [-0.2, -0.15) is 18.3 Å². The molecule has 0 amide bonds. The first-order chi connectivity index (χ1) is 11.7. The van der Waals surface area contributed by atoms with Crippen LogP contribution in [0.3, 0.4) is 0 Å². The maximum Gasteiger partial charge on any atom is 0.389 e. The van der Waals surface area contributed by atoms with Crippen molar-refractivity contribution >= 4 is 17.6 Å². The number of aryl methyl sites for hydroxylation is 2. The summed E-state index contributed by atoms with van der Waals surface area (Å²) in [6.07, 6.45) is -5.36. The molecular formula is C16H16ClF3N2O3. The zero-order chi connectivity index (χ0) is 18.8. The zero-order valence-corrected chi connectivity index (χ0v) is 14.3. The second-order valence-corrected chi connectivity index (χ2v) is 5.66. The van der Waals surface area contributed by atoms with E-state index in [1.807, 2.05) is 0 Å². The highest BCUT2D eigenvalue weighted by Gasteiger charge is 2.27. The van der Waals surface area contributed by atoms with E-state index >= 15 is 0 Å². The number of methoxy groups -OCH3 is 1. The van der Waals surface area contributed by atoms with E-state index in [9.17, 15) is 18.0 Å². The zero-order valence-electron chi connectivity index (χ0n) is 13.5. The van der Waals surface area contributed by atoms with Gasteiger partial charge in [0.1, 0.15) is 10.8 Å². The first-order valence-electron chi connectivity index (χ1n) is 7.41. The second-order valence-electron chi connectivity index (χ2n) is 5.28. The summed E-state index contributed by atoms with van der Waals surface area (Å²) >= 11 is 6.16. The Morgan fingerprint density at radius 3 is 2.60 bits per heavy atom. The number of hydrogen-bond donors (Lipinski definition) is 1. The van der Waals surface area contributed by atoms with Gasteiger partial charge >= 0.3 is 12.1 Å². The standard InChI is InChI=1S/C16H16ClF3N2O3/c1-3-22-14(12(17)13(21-22)15(23)24)10-5-4-9(8-11(10)25-2)6-7-16(18,19)20/h4-5,8H,3,6-7H2,1-2H3,(H,23,24). The van der Waals surface area contributed by atoms with Crippen LogP contribution < -0.4 is 4.74 Å². The molecule has 1 aromatic carbocycles. The minimum absolute atomic E-state index is 0.0457. The number of alkyl halides is 3. The van der Waals surface area contributed by atoms with Gasteiger partial charge in [0.15, 0.2) is 5.69 Å². The van der Waals surface area contributed by atoms with Crippen LogP contribution in [0.2, 0.25) is 5.02 Å². The number of aromatic carboxylic acids is 1. The molecule has 1 N–H and O–H groups in total. The Kier molecular flexibility index (Phi) is 5.62. The highest BCUT2D eigenvalue weighted by atomic mass is 35.5. The Morgan fingerprint density at radius 1 is 1.40 bits per heavy atom. The normalized spacial score (nSPS) is 11.6. The molecule has 0 atom stereocenters. The van der Waals surface area contributed by atoms with Gasteiger partial charge in [-0.15, -0.1) is 0 Å². The molecule has 0 aliphatic carbocycles. The molecule has 0 aliphatic rings. The van der Waals surface area contributed by atoms with Crippen LogP contribution in [-0.4, -0.2) is 34.1 Å². The number of hydrogen-bond acceptors (Lipinski definition) is 3. The van der Waals surface area contributed by atoms with E-state index in [2.05, 4.69) is 5.10 Å². The fourth-order valence-corrected chi connectivity index (χ4v) is 2.75. The Hall–Kier alpha value is -2.22. The average Bonchev–Trinajstić information content (AvgIpc) is 2.88. The number of halogens is 4. The van der Waals surface area contributed by atoms with Gasteiger partial charge in [0.2, 0.25) is 0 Å². The fraction of sp³-hybridized carbons (Fsp3) is 0.375. The SMILES string of the molecule is CCn1nc(C(=O)O)c(Cl)c1-c1ccc(CCC(F)(F)F)cc1OC. The molecule has 5 nitrogen and oxygen atoms in total. The third kappa shape index (κ3) is 4.25. The monoisotopic (exact) mass is 376 g/mol. The third-order valence-electron chi connectivity index (χ3n) is 3.61. The molecule has 2 aromatic rings. The molecular weight excluding hydrogens is 361 g/mol. The van der Waals surface area contributed by atoms with Crippen LogP contribution in [0.5, 0.6) is 5.75 Å². The molecule has 9 heteroatoms. The predicted molar refractivity (Wildman–Crippen MR) is 86.2 cm³/mol. The summed E-state index contributed by atoms with van der Waals surface area (Å²) in [6, 6.07) is 4.59. The van der Waals surface area contributed by atoms with Crippen LogP contribution >= 0.6 is 11.6 Å².